The Labute approximate surface area is 183 Å². The van der Waals surface area contributed by atoms with E-state index >= 15 is 0 Å². The number of likely N-dealkylation sites (tertiary alicyclic amines) is 1. The number of nitrogens with zero attached hydrogens (tertiary/aromatic N) is 2. The van der Waals surface area contributed by atoms with Crippen LogP contribution in [0.25, 0.3) is 10.9 Å². The molecule has 2 aromatic carbocycles. The molecule has 0 saturated carbocycles. The van der Waals surface area contributed by atoms with E-state index in [2.05, 4.69) is 11.0 Å². The van der Waals surface area contributed by atoms with Crippen LogP contribution in [0.4, 0.5) is 13.2 Å². The molecule has 2 heterocycles. The molecule has 3 aromatic rings. The van der Waals surface area contributed by atoms with Gasteiger partial charge in [-0.1, -0.05) is 23.7 Å². The van der Waals surface area contributed by atoms with Crippen molar-refractivity contribution in [2.24, 2.45) is 0 Å². The Morgan fingerprint density at radius 1 is 1.00 bits per heavy atom. The second-order valence-corrected chi connectivity index (χ2v) is 9.00. The SMILES string of the molecule is [O-][n+]1c2c(cc3cc(Cl)ccc31)C(N1CCCC1)CC(c1ccc(C(F)(F)F)cc1)C2. The Hall–Kier alpha value is -2.31. The summed E-state index contributed by atoms with van der Waals surface area (Å²) in [6, 6.07) is 12.8. The Bertz CT molecular complexity index is 1120. The van der Waals surface area contributed by atoms with Crippen molar-refractivity contribution in [3.8, 4) is 0 Å². The van der Waals surface area contributed by atoms with E-state index in [0.29, 0.717) is 22.7 Å². The van der Waals surface area contributed by atoms with Gasteiger partial charge in [-0.25, -0.2) is 0 Å². The van der Waals surface area contributed by atoms with E-state index in [0.717, 1.165) is 65.7 Å². The molecule has 1 fully saturated rings. The van der Waals surface area contributed by atoms with Gasteiger partial charge in [0.25, 0.3) is 0 Å². The molecule has 1 saturated heterocycles. The topological polar surface area (TPSA) is 30.2 Å². The van der Waals surface area contributed by atoms with Gasteiger partial charge >= 0.3 is 6.18 Å². The van der Waals surface area contributed by atoms with Gasteiger partial charge in [0.05, 0.1) is 5.56 Å². The number of alkyl halides is 3. The summed E-state index contributed by atoms with van der Waals surface area (Å²) in [5.41, 5.74) is 2.50. The molecule has 0 bridgehead atoms. The van der Waals surface area contributed by atoms with Crippen LogP contribution in [0.2, 0.25) is 5.02 Å². The van der Waals surface area contributed by atoms with Gasteiger partial charge in [0, 0.05) is 34.5 Å². The third-order valence-electron chi connectivity index (χ3n) is 6.70. The minimum atomic E-state index is -4.35. The molecule has 1 aliphatic heterocycles. The number of benzene rings is 2. The fraction of sp³-hybridized carbons (Fsp3) is 0.375. The van der Waals surface area contributed by atoms with Crippen molar-refractivity contribution >= 4 is 22.5 Å². The van der Waals surface area contributed by atoms with Crippen LogP contribution < -0.4 is 4.73 Å². The van der Waals surface area contributed by atoms with Gasteiger partial charge in [0.15, 0.2) is 5.69 Å². The van der Waals surface area contributed by atoms with E-state index < -0.39 is 11.7 Å². The Morgan fingerprint density at radius 2 is 1.71 bits per heavy atom. The van der Waals surface area contributed by atoms with Crippen LogP contribution in [-0.2, 0) is 12.6 Å². The molecule has 1 aromatic heterocycles. The van der Waals surface area contributed by atoms with Gasteiger partial charge in [-0.2, -0.15) is 17.9 Å². The van der Waals surface area contributed by atoms with Crippen molar-refractivity contribution in [2.75, 3.05) is 13.1 Å². The average Bonchev–Trinajstić information content (AvgIpc) is 3.27. The quantitative estimate of drug-likeness (QED) is 0.356. The molecule has 2 unspecified atom stereocenters. The molecule has 3 nitrogen and oxygen atoms in total. The second kappa shape index (κ2) is 7.68. The molecule has 0 spiro atoms. The van der Waals surface area contributed by atoms with Crippen molar-refractivity contribution < 1.29 is 17.9 Å². The van der Waals surface area contributed by atoms with E-state index in [-0.39, 0.29) is 12.0 Å². The fourth-order valence-electron chi connectivity index (χ4n) is 5.14. The molecular formula is C24H22ClF3N2O. The van der Waals surface area contributed by atoms with Crippen LogP contribution in [0.5, 0.6) is 0 Å². The van der Waals surface area contributed by atoms with Gasteiger partial charge in [-0.05, 0) is 74.2 Å². The standard InChI is InChI=1S/C24H22ClF3N2O/c25-19-7-8-21-17(11-19)12-20-22(29-9-1-2-10-29)13-16(14-23(20)30(21)31)15-3-5-18(6-4-15)24(26,27)28/h3-8,11-12,16,22H,1-2,9-10,13-14H2. The summed E-state index contributed by atoms with van der Waals surface area (Å²) >= 11 is 6.16. The van der Waals surface area contributed by atoms with E-state index in [1.54, 1.807) is 24.3 Å². The monoisotopic (exact) mass is 446 g/mol. The molecule has 7 heteroatoms. The van der Waals surface area contributed by atoms with Crippen molar-refractivity contribution in [3.63, 3.8) is 0 Å². The number of halogens is 4. The van der Waals surface area contributed by atoms with Crippen molar-refractivity contribution in [3.05, 3.63) is 81.1 Å². The van der Waals surface area contributed by atoms with Gasteiger partial charge in [-0.3, -0.25) is 4.90 Å². The summed E-state index contributed by atoms with van der Waals surface area (Å²) in [6.45, 7) is 1.94. The maximum atomic E-state index is 13.3. The lowest BCUT2D eigenvalue weighted by atomic mass is 9.78. The van der Waals surface area contributed by atoms with Crippen molar-refractivity contribution in [1.29, 1.82) is 0 Å². The average molecular weight is 447 g/mol. The molecule has 162 valence electrons. The summed E-state index contributed by atoms with van der Waals surface area (Å²) in [5.74, 6) is -0.00895. The maximum absolute atomic E-state index is 13.3. The first-order valence-corrected chi connectivity index (χ1v) is 10.9. The number of fused-ring (bicyclic) bond motifs is 2. The molecular weight excluding hydrogens is 425 g/mol. The molecule has 0 amide bonds. The van der Waals surface area contributed by atoms with E-state index in [4.69, 9.17) is 11.6 Å². The summed E-state index contributed by atoms with van der Waals surface area (Å²) in [5, 5.41) is 14.7. The van der Waals surface area contributed by atoms with Gasteiger partial charge in [0.1, 0.15) is 0 Å². The zero-order valence-electron chi connectivity index (χ0n) is 16.8. The zero-order chi connectivity index (χ0) is 21.8. The first kappa shape index (κ1) is 20.6. The predicted molar refractivity (Wildman–Crippen MR) is 114 cm³/mol. The number of aromatic nitrogens is 1. The first-order chi connectivity index (χ1) is 14.8. The number of hydrogen-bond donors (Lipinski definition) is 0. The summed E-state index contributed by atoms with van der Waals surface area (Å²) < 4.78 is 40.0. The highest BCUT2D eigenvalue weighted by Gasteiger charge is 2.38. The fourth-order valence-corrected chi connectivity index (χ4v) is 5.32. The zero-order valence-corrected chi connectivity index (χ0v) is 17.6. The lowest BCUT2D eigenvalue weighted by Gasteiger charge is -2.36. The van der Waals surface area contributed by atoms with E-state index in [9.17, 15) is 18.4 Å². The summed E-state index contributed by atoms with van der Waals surface area (Å²) in [7, 11) is 0. The van der Waals surface area contributed by atoms with Crippen LogP contribution in [0.3, 0.4) is 0 Å². The number of hydrogen-bond acceptors (Lipinski definition) is 2. The van der Waals surface area contributed by atoms with Crippen LogP contribution in [0.15, 0.2) is 48.5 Å². The van der Waals surface area contributed by atoms with Gasteiger partial charge in [0.2, 0.25) is 5.52 Å². The lowest BCUT2D eigenvalue weighted by Crippen LogP contribution is -2.41. The molecule has 0 radical (unpaired) electrons. The molecule has 5 rings (SSSR count). The molecule has 31 heavy (non-hydrogen) atoms. The third-order valence-corrected chi connectivity index (χ3v) is 6.93. The van der Waals surface area contributed by atoms with Crippen molar-refractivity contribution in [2.45, 2.75) is 43.8 Å². The number of pyridine rings is 1. The van der Waals surface area contributed by atoms with Crippen LogP contribution >= 0.6 is 11.6 Å². The van der Waals surface area contributed by atoms with Crippen LogP contribution in [0.1, 0.15) is 53.6 Å². The molecule has 2 atom stereocenters. The third kappa shape index (κ3) is 3.76. The van der Waals surface area contributed by atoms with Crippen molar-refractivity contribution in [1.82, 2.24) is 4.90 Å². The molecule has 1 aliphatic carbocycles. The largest absolute Gasteiger partial charge is 0.618 e. The molecule has 2 aliphatic rings. The summed E-state index contributed by atoms with van der Waals surface area (Å²) in [6.07, 6.45) is -0.827. The minimum Gasteiger partial charge on any atom is -0.618 e. The Kier molecular flexibility index (Phi) is 5.10. The van der Waals surface area contributed by atoms with E-state index in [1.165, 1.54) is 0 Å². The highest BCUT2D eigenvalue weighted by Crippen LogP contribution is 2.43. The van der Waals surface area contributed by atoms with E-state index in [1.807, 2.05) is 6.07 Å². The highest BCUT2D eigenvalue weighted by molar-refractivity contribution is 6.31. The lowest BCUT2D eigenvalue weighted by molar-refractivity contribution is -0.587. The maximum Gasteiger partial charge on any atom is 0.416 e. The van der Waals surface area contributed by atoms with Crippen LogP contribution in [0, 0.1) is 5.21 Å². The highest BCUT2D eigenvalue weighted by atomic mass is 35.5. The second-order valence-electron chi connectivity index (χ2n) is 8.56. The van der Waals surface area contributed by atoms with Gasteiger partial charge < -0.3 is 5.21 Å². The molecule has 0 N–H and O–H groups in total. The first-order valence-electron chi connectivity index (χ1n) is 10.6. The smallest absolute Gasteiger partial charge is 0.416 e. The summed E-state index contributed by atoms with van der Waals surface area (Å²) in [4.78, 5) is 2.41. The minimum absolute atomic E-state index is 0.00895. The van der Waals surface area contributed by atoms with Crippen LogP contribution in [-0.4, -0.2) is 18.0 Å². The Balaban J connectivity index is 1.59. The Morgan fingerprint density at radius 3 is 2.39 bits per heavy atom. The predicted octanol–water partition coefficient (Wildman–Crippen LogP) is 6.01. The normalized spacial score (nSPS) is 22.1. The van der Waals surface area contributed by atoms with Gasteiger partial charge in [-0.15, -0.1) is 0 Å². The number of rotatable bonds is 2.